The minimum atomic E-state index is -0.482. The number of para-hydroxylation sites is 1. The molecule has 1 aromatic heterocycles. The topological polar surface area (TPSA) is 55.4 Å². The van der Waals surface area contributed by atoms with Gasteiger partial charge in [0, 0.05) is 11.3 Å². The lowest BCUT2D eigenvalue weighted by Gasteiger charge is -2.12. The van der Waals surface area contributed by atoms with Crippen molar-refractivity contribution < 1.29 is 14.3 Å². The number of ketones is 1. The maximum Gasteiger partial charge on any atom is 0.341 e. The number of thiophene rings is 1. The second kappa shape index (κ2) is 8.52. The third-order valence-electron chi connectivity index (χ3n) is 5.67. The lowest BCUT2D eigenvalue weighted by atomic mass is 9.93. The molecule has 0 amide bonds. The van der Waals surface area contributed by atoms with Crippen molar-refractivity contribution in [2.75, 3.05) is 12.4 Å². The molecule has 0 radical (unpaired) electrons. The molecule has 0 atom stereocenters. The van der Waals surface area contributed by atoms with E-state index in [4.69, 9.17) is 4.74 Å². The van der Waals surface area contributed by atoms with Crippen molar-refractivity contribution in [1.29, 1.82) is 0 Å². The zero-order valence-corrected chi connectivity index (χ0v) is 19.0. The van der Waals surface area contributed by atoms with Crippen LogP contribution in [0.15, 0.2) is 84.9 Å². The summed E-state index contributed by atoms with van der Waals surface area (Å²) in [6, 6.07) is 28.0. The molecule has 162 valence electrons. The van der Waals surface area contributed by atoms with Crippen LogP contribution in [0.25, 0.3) is 32.7 Å². The number of benzene rings is 4. The average Bonchev–Trinajstić information content (AvgIpc) is 3.21. The fourth-order valence-electron chi connectivity index (χ4n) is 4.16. The highest BCUT2D eigenvalue weighted by atomic mass is 32.1. The maximum absolute atomic E-state index is 13.0. The Hall–Kier alpha value is -3.96. The first kappa shape index (κ1) is 20.9. The monoisotopic (exact) mass is 451 g/mol. The Kier molecular flexibility index (Phi) is 5.40. The van der Waals surface area contributed by atoms with E-state index in [1.165, 1.54) is 25.4 Å². The fraction of sp³-hybridized carbons (Fsp3) is 0.0714. The molecule has 5 rings (SSSR count). The fourth-order valence-corrected chi connectivity index (χ4v) is 5.28. The van der Waals surface area contributed by atoms with E-state index < -0.39 is 5.97 Å². The van der Waals surface area contributed by atoms with Gasteiger partial charge in [0.1, 0.15) is 10.6 Å². The Balaban J connectivity index is 1.82. The van der Waals surface area contributed by atoms with Crippen LogP contribution in [-0.2, 0) is 4.74 Å². The minimum absolute atomic E-state index is 0.0981. The second-order valence-electron chi connectivity index (χ2n) is 7.78. The highest BCUT2D eigenvalue weighted by Crippen LogP contribution is 2.44. The van der Waals surface area contributed by atoms with E-state index in [1.807, 2.05) is 60.7 Å². The van der Waals surface area contributed by atoms with Crippen LogP contribution in [0.2, 0.25) is 0 Å². The minimum Gasteiger partial charge on any atom is -0.465 e. The van der Waals surface area contributed by atoms with E-state index in [0.29, 0.717) is 21.0 Å². The molecule has 0 saturated carbocycles. The maximum atomic E-state index is 13.0. The lowest BCUT2D eigenvalue weighted by Crippen LogP contribution is -2.06. The molecule has 0 bridgehead atoms. The molecule has 0 fully saturated rings. The number of ether oxygens (including phenoxy) is 1. The number of Topliss-reactive ketones (excluding diaryl/α,β-unsaturated/α-hetero) is 1. The number of hydrogen-bond donors (Lipinski definition) is 1. The van der Waals surface area contributed by atoms with Crippen LogP contribution in [-0.4, -0.2) is 18.9 Å². The number of carbonyl (C=O) groups is 2. The highest BCUT2D eigenvalue weighted by Gasteiger charge is 2.28. The van der Waals surface area contributed by atoms with Crippen LogP contribution < -0.4 is 5.32 Å². The van der Waals surface area contributed by atoms with E-state index in [0.717, 1.165) is 32.8 Å². The number of esters is 1. The summed E-state index contributed by atoms with van der Waals surface area (Å²) in [6.07, 6.45) is 0. The van der Waals surface area contributed by atoms with Gasteiger partial charge in [0.25, 0.3) is 0 Å². The molecular formula is C28H21NO3S. The Morgan fingerprint density at radius 1 is 0.818 bits per heavy atom. The van der Waals surface area contributed by atoms with E-state index in [2.05, 4.69) is 29.6 Å². The van der Waals surface area contributed by atoms with E-state index in [1.54, 1.807) is 0 Å². The summed E-state index contributed by atoms with van der Waals surface area (Å²) in [5.41, 5.74) is 2.64. The molecule has 33 heavy (non-hydrogen) atoms. The van der Waals surface area contributed by atoms with Crippen molar-refractivity contribution >= 4 is 55.3 Å². The summed E-state index contributed by atoms with van der Waals surface area (Å²) < 4.78 is 5.17. The van der Waals surface area contributed by atoms with Crippen molar-refractivity contribution in [3.8, 4) is 11.1 Å². The second-order valence-corrected chi connectivity index (χ2v) is 8.80. The molecule has 1 heterocycles. The first-order valence-electron chi connectivity index (χ1n) is 10.6. The number of fused-ring (bicyclic) bond motifs is 2. The molecular weight excluding hydrogens is 430 g/mol. The molecule has 1 N–H and O–H groups in total. The molecule has 0 spiro atoms. The summed E-state index contributed by atoms with van der Waals surface area (Å²) in [5.74, 6) is -0.580. The van der Waals surface area contributed by atoms with Gasteiger partial charge in [-0.15, -0.1) is 11.3 Å². The molecule has 0 aliphatic heterocycles. The molecule has 0 saturated heterocycles. The van der Waals surface area contributed by atoms with Crippen molar-refractivity contribution in [3.05, 3.63) is 95.4 Å². The van der Waals surface area contributed by atoms with E-state index >= 15 is 0 Å². The van der Waals surface area contributed by atoms with Gasteiger partial charge in [-0.05, 0) is 58.3 Å². The Labute approximate surface area is 195 Å². The van der Waals surface area contributed by atoms with E-state index in [-0.39, 0.29) is 5.78 Å². The highest BCUT2D eigenvalue weighted by molar-refractivity contribution is 7.19. The average molecular weight is 452 g/mol. The number of hydrogen-bond acceptors (Lipinski definition) is 5. The number of carbonyl (C=O) groups excluding carboxylic acids is 2. The Morgan fingerprint density at radius 2 is 1.48 bits per heavy atom. The SMILES string of the molecule is COC(=O)c1c(Nc2ccccc2)sc(C(C)=O)c1-c1cccc2cc3ccccc3cc12. The first-order valence-corrected chi connectivity index (χ1v) is 11.4. The van der Waals surface area contributed by atoms with Gasteiger partial charge in [-0.1, -0.05) is 60.7 Å². The van der Waals surface area contributed by atoms with Gasteiger partial charge in [-0.2, -0.15) is 0 Å². The number of nitrogens with one attached hydrogen (secondary N) is 1. The van der Waals surface area contributed by atoms with Crippen molar-refractivity contribution in [2.45, 2.75) is 6.92 Å². The van der Waals surface area contributed by atoms with Crippen LogP contribution in [0, 0.1) is 0 Å². The summed E-state index contributed by atoms with van der Waals surface area (Å²) >= 11 is 1.28. The third-order valence-corrected chi connectivity index (χ3v) is 6.87. The summed E-state index contributed by atoms with van der Waals surface area (Å²) in [5, 5.41) is 8.16. The number of rotatable bonds is 5. The van der Waals surface area contributed by atoms with Crippen LogP contribution in [0.1, 0.15) is 27.0 Å². The molecule has 0 aliphatic rings. The van der Waals surface area contributed by atoms with Gasteiger partial charge in [-0.25, -0.2) is 4.79 Å². The van der Waals surface area contributed by atoms with Crippen LogP contribution in [0.4, 0.5) is 10.7 Å². The summed E-state index contributed by atoms with van der Waals surface area (Å²) in [7, 11) is 1.36. The van der Waals surface area contributed by atoms with Gasteiger partial charge >= 0.3 is 5.97 Å². The molecule has 0 unspecified atom stereocenters. The zero-order valence-electron chi connectivity index (χ0n) is 18.2. The Bertz CT molecular complexity index is 1520. The van der Waals surface area contributed by atoms with Crippen molar-refractivity contribution in [1.82, 2.24) is 0 Å². The summed E-state index contributed by atoms with van der Waals surface area (Å²) in [6.45, 7) is 1.53. The van der Waals surface area contributed by atoms with Gasteiger partial charge in [0.15, 0.2) is 5.78 Å². The van der Waals surface area contributed by atoms with Crippen LogP contribution in [0.5, 0.6) is 0 Å². The molecule has 4 nitrogen and oxygen atoms in total. The van der Waals surface area contributed by atoms with Gasteiger partial charge < -0.3 is 10.1 Å². The standard InChI is InChI=1S/C28H21NO3S/c1-17(30)26-24(25(28(31)32-2)27(33-26)29-21-12-4-3-5-13-21)22-14-8-11-20-15-18-9-6-7-10-19(18)16-23(20)22/h3-16,29H,1-2H3. The predicted octanol–water partition coefficient (Wildman–Crippen LogP) is 7.45. The predicted molar refractivity (Wildman–Crippen MR) is 136 cm³/mol. The van der Waals surface area contributed by atoms with Crippen molar-refractivity contribution in [3.63, 3.8) is 0 Å². The number of methoxy groups -OCH3 is 1. The van der Waals surface area contributed by atoms with Crippen molar-refractivity contribution in [2.24, 2.45) is 0 Å². The molecule has 5 aromatic rings. The molecule has 0 aliphatic carbocycles. The zero-order chi connectivity index (χ0) is 22.9. The smallest absolute Gasteiger partial charge is 0.341 e. The molecule has 4 aromatic carbocycles. The third kappa shape index (κ3) is 3.77. The Morgan fingerprint density at radius 3 is 2.18 bits per heavy atom. The lowest BCUT2D eigenvalue weighted by molar-refractivity contribution is 0.0603. The van der Waals surface area contributed by atoms with Gasteiger partial charge in [0.05, 0.1) is 12.0 Å². The quantitative estimate of drug-likeness (QED) is 0.171. The van der Waals surface area contributed by atoms with Crippen LogP contribution >= 0.6 is 11.3 Å². The molecule has 5 heteroatoms. The van der Waals surface area contributed by atoms with Gasteiger partial charge in [0.2, 0.25) is 0 Å². The van der Waals surface area contributed by atoms with Gasteiger partial charge in [-0.3, -0.25) is 4.79 Å². The normalized spacial score (nSPS) is 11.0. The van der Waals surface area contributed by atoms with E-state index in [9.17, 15) is 9.59 Å². The summed E-state index contributed by atoms with van der Waals surface area (Å²) in [4.78, 5) is 26.3. The number of anilines is 2. The van der Waals surface area contributed by atoms with Crippen LogP contribution in [0.3, 0.4) is 0 Å². The largest absolute Gasteiger partial charge is 0.465 e. The first-order chi connectivity index (χ1) is 16.1.